The van der Waals surface area contributed by atoms with Crippen molar-refractivity contribution in [2.45, 2.75) is 88.0 Å². The van der Waals surface area contributed by atoms with E-state index >= 15 is 4.39 Å². The van der Waals surface area contributed by atoms with E-state index in [1.807, 2.05) is 0 Å². The number of fused-ring (bicyclic) bond motifs is 1. The van der Waals surface area contributed by atoms with Crippen LogP contribution >= 0.6 is 11.6 Å². The molecule has 1 amide bonds. The summed E-state index contributed by atoms with van der Waals surface area (Å²) in [6.45, 7) is 4.15. The second-order valence-electron chi connectivity index (χ2n) is 11.6. The molecule has 0 unspecified atom stereocenters. The number of ether oxygens (including phenoxy) is 4. The number of oxime groups is 1. The number of halogens is 2. The summed E-state index contributed by atoms with van der Waals surface area (Å²) in [4.78, 5) is 18.2. The Balaban J connectivity index is 1.21. The van der Waals surface area contributed by atoms with Crippen molar-refractivity contribution >= 4 is 29.3 Å². The van der Waals surface area contributed by atoms with Crippen LogP contribution in [0.3, 0.4) is 0 Å². The van der Waals surface area contributed by atoms with Crippen molar-refractivity contribution in [1.82, 2.24) is 5.32 Å². The number of nitrogens with one attached hydrogen (secondary N) is 1. The van der Waals surface area contributed by atoms with E-state index in [0.29, 0.717) is 10.6 Å². The van der Waals surface area contributed by atoms with Gasteiger partial charge in [-0.3, -0.25) is 4.79 Å². The van der Waals surface area contributed by atoms with Crippen molar-refractivity contribution in [2.75, 3.05) is 6.79 Å². The summed E-state index contributed by atoms with van der Waals surface area (Å²) in [5, 5.41) is 60.0. The van der Waals surface area contributed by atoms with Crippen LogP contribution in [0.2, 0.25) is 5.02 Å². The van der Waals surface area contributed by atoms with Crippen LogP contribution in [0.15, 0.2) is 53.2 Å². The fourth-order valence-electron chi connectivity index (χ4n) is 5.49. The molecule has 250 valence electrons. The number of aliphatic hydroxyl groups excluding tert-OH is 4. The first-order valence-electron chi connectivity index (χ1n) is 14.5. The first-order chi connectivity index (χ1) is 21.8. The molecular formula is C31H36ClFN2O11. The Hall–Kier alpha value is -3.18. The van der Waals surface area contributed by atoms with E-state index in [0.717, 1.165) is 6.07 Å². The third-order valence-corrected chi connectivity index (χ3v) is 8.63. The van der Waals surface area contributed by atoms with Crippen molar-refractivity contribution < 1.29 is 58.5 Å². The lowest BCUT2D eigenvalue weighted by Gasteiger charge is -2.41. The average Bonchev–Trinajstić information content (AvgIpc) is 3.60. The molecule has 13 nitrogen and oxygen atoms in total. The molecule has 2 saturated heterocycles. The lowest BCUT2D eigenvalue weighted by Crippen LogP contribution is -2.67. The van der Waals surface area contributed by atoms with Crippen LogP contribution in [-0.2, 0) is 30.4 Å². The maximum Gasteiger partial charge on any atom is 0.247 e. The highest BCUT2D eigenvalue weighted by Crippen LogP contribution is 2.35. The van der Waals surface area contributed by atoms with Gasteiger partial charge in [0, 0.05) is 16.2 Å². The van der Waals surface area contributed by atoms with E-state index < -0.39 is 72.4 Å². The number of hydrogen-bond acceptors (Lipinski definition) is 12. The van der Waals surface area contributed by atoms with Crippen LogP contribution in [0, 0.1) is 5.82 Å². The van der Waals surface area contributed by atoms with Crippen LogP contribution in [0.4, 0.5) is 4.39 Å². The molecule has 1 aliphatic carbocycles. The minimum atomic E-state index is -1.96. The molecule has 46 heavy (non-hydrogen) atoms. The maximum atomic E-state index is 15.1. The number of hydrogen-bond donors (Lipinski definition) is 6. The van der Waals surface area contributed by atoms with Gasteiger partial charge in [-0.2, -0.15) is 0 Å². The topological polar surface area (TPSA) is 189 Å². The van der Waals surface area contributed by atoms with Gasteiger partial charge in [0.15, 0.2) is 17.2 Å². The molecule has 2 aromatic rings. The molecule has 15 heteroatoms. The van der Waals surface area contributed by atoms with Gasteiger partial charge in [-0.05, 0) is 50.6 Å². The standard InChI is InChI=1S/C31H36ClFN2O11/c1-14(29(40)34-21-22(36)24(38)27-26(23(21)37)42-13-43-27)10-16-8-9-20(19(33)11-16)45-30-31(3,41)28(39)25(46-30)15(2)35-44-12-17-6-4-5-7-18(17)32/h4-11,21-28,30,36-39,41H,12-13H2,1-3H3,(H,34,40)/t21-,22+,23-,24-,25-,26+,27-,28+,30-,31-/m1/s1. The molecule has 0 bridgehead atoms. The highest BCUT2D eigenvalue weighted by Gasteiger charge is 2.55. The third kappa shape index (κ3) is 6.90. The largest absolute Gasteiger partial charge is 0.459 e. The quantitative estimate of drug-likeness (QED) is 0.127. The second kappa shape index (κ2) is 13.9. The van der Waals surface area contributed by atoms with E-state index in [9.17, 15) is 30.3 Å². The highest BCUT2D eigenvalue weighted by atomic mass is 35.5. The molecule has 3 aliphatic rings. The van der Waals surface area contributed by atoms with Crippen LogP contribution < -0.4 is 10.1 Å². The van der Waals surface area contributed by atoms with Crippen molar-refractivity contribution in [3.63, 3.8) is 0 Å². The number of amides is 1. The van der Waals surface area contributed by atoms with Crippen molar-refractivity contribution in [2.24, 2.45) is 5.16 Å². The van der Waals surface area contributed by atoms with E-state index in [4.69, 9.17) is 35.4 Å². The Morgan fingerprint density at radius 1 is 1.11 bits per heavy atom. The lowest BCUT2D eigenvalue weighted by molar-refractivity contribution is -0.155. The number of nitrogens with zero attached hydrogens (tertiary/aromatic N) is 1. The maximum absolute atomic E-state index is 15.1. The van der Waals surface area contributed by atoms with E-state index in [1.165, 1.54) is 39.0 Å². The van der Waals surface area contributed by atoms with Gasteiger partial charge in [0.2, 0.25) is 12.2 Å². The number of aliphatic hydroxyl groups is 5. The number of benzene rings is 2. The SMILES string of the molecule is CC(=Cc1ccc(O[C@@H]2O[C@H](C(C)=NOCc3ccccc3Cl)[C@H](O)[C@@]2(C)O)c(F)c1)C(=O)N[C@@H]1[C@H](O)[C@@H](O)[C@H]2OCO[C@H]2[C@@H]1O. The van der Waals surface area contributed by atoms with Crippen LogP contribution in [-0.4, -0.2) is 105 Å². The fraction of sp³-hybridized carbons (Fsp3) is 0.484. The summed E-state index contributed by atoms with van der Waals surface area (Å²) in [6, 6.07) is 9.60. The normalized spacial score (nSPS) is 34.7. The van der Waals surface area contributed by atoms with Gasteiger partial charge in [-0.15, -0.1) is 0 Å². The molecule has 0 spiro atoms. The van der Waals surface area contributed by atoms with Crippen LogP contribution in [0.25, 0.3) is 6.08 Å². The van der Waals surface area contributed by atoms with Crippen molar-refractivity contribution in [3.05, 3.63) is 70.0 Å². The van der Waals surface area contributed by atoms with Gasteiger partial charge in [-0.25, -0.2) is 4.39 Å². The molecule has 0 aromatic heterocycles. The van der Waals surface area contributed by atoms with Gasteiger partial charge in [0.05, 0.1) is 11.8 Å². The Morgan fingerprint density at radius 2 is 1.80 bits per heavy atom. The molecular weight excluding hydrogens is 631 g/mol. The summed E-state index contributed by atoms with van der Waals surface area (Å²) >= 11 is 6.12. The number of rotatable bonds is 9. The minimum absolute atomic E-state index is 0.0577. The summed E-state index contributed by atoms with van der Waals surface area (Å²) in [5.41, 5.74) is -0.688. The first kappa shape index (κ1) is 34.2. The zero-order chi connectivity index (χ0) is 33.3. The first-order valence-corrected chi connectivity index (χ1v) is 14.9. The average molecular weight is 667 g/mol. The molecule has 2 aliphatic heterocycles. The smallest absolute Gasteiger partial charge is 0.247 e. The lowest BCUT2D eigenvalue weighted by atomic mass is 9.83. The Morgan fingerprint density at radius 3 is 2.50 bits per heavy atom. The van der Waals surface area contributed by atoms with Crippen LogP contribution in [0.5, 0.6) is 5.75 Å². The zero-order valence-electron chi connectivity index (χ0n) is 25.1. The van der Waals surface area contributed by atoms with E-state index in [-0.39, 0.29) is 36.0 Å². The zero-order valence-corrected chi connectivity index (χ0v) is 25.9. The third-order valence-electron chi connectivity index (χ3n) is 8.26. The molecule has 1 saturated carbocycles. The second-order valence-corrected chi connectivity index (χ2v) is 12.1. The molecule has 3 fully saturated rings. The Kier molecular flexibility index (Phi) is 10.3. The molecule has 5 rings (SSSR count). The molecule has 2 heterocycles. The summed E-state index contributed by atoms with van der Waals surface area (Å²) < 4.78 is 37.0. The van der Waals surface area contributed by atoms with E-state index in [1.54, 1.807) is 24.3 Å². The van der Waals surface area contributed by atoms with Gasteiger partial charge in [0.1, 0.15) is 56.1 Å². The highest BCUT2D eigenvalue weighted by molar-refractivity contribution is 6.31. The molecule has 6 N–H and O–H groups in total. The molecule has 2 aromatic carbocycles. The summed E-state index contributed by atoms with van der Waals surface area (Å²) in [7, 11) is 0. The monoisotopic (exact) mass is 666 g/mol. The van der Waals surface area contributed by atoms with Gasteiger partial charge in [0.25, 0.3) is 0 Å². The van der Waals surface area contributed by atoms with E-state index in [2.05, 4.69) is 10.5 Å². The Labute approximate surface area is 268 Å². The predicted octanol–water partition coefficient (Wildman–Crippen LogP) is 1.01. The summed E-state index contributed by atoms with van der Waals surface area (Å²) in [6.07, 6.45) is -8.85. The van der Waals surface area contributed by atoms with Crippen molar-refractivity contribution in [1.29, 1.82) is 0 Å². The molecule has 0 radical (unpaired) electrons. The minimum Gasteiger partial charge on any atom is -0.459 e. The fourth-order valence-corrected chi connectivity index (χ4v) is 5.68. The number of carbonyl (C=O) groups is 1. The Bertz CT molecular complexity index is 1490. The predicted molar refractivity (Wildman–Crippen MR) is 160 cm³/mol. The molecule has 10 atom stereocenters. The summed E-state index contributed by atoms with van der Waals surface area (Å²) in [5.74, 6) is -1.83. The van der Waals surface area contributed by atoms with Gasteiger partial charge >= 0.3 is 0 Å². The van der Waals surface area contributed by atoms with Crippen molar-refractivity contribution in [3.8, 4) is 5.75 Å². The van der Waals surface area contributed by atoms with Crippen LogP contribution in [0.1, 0.15) is 31.9 Å². The van der Waals surface area contributed by atoms with Gasteiger partial charge < -0.3 is 54.6 Å². The van der Waals surface area contributed by atoms with Gasteiger partial charge in [-0.1, -0.05) is 41.0 Å². The number of carbonyl (C=O) groups excluding carboxylic acids is 1.